The summed E-state index contributed by atoms with van der Waals surface area (Å²) in [5.41, 5.74) is 1.39. The number of carbonyl (C=O) groups excluding carboxylic acids is 1. The van der Waals surface area contributed by atoms with E-state index in [1.807, 2.05) is 0 Å². The minimum Gasteiger partial charge on any atom is -0.435 e. The molecule has 152 valence electrons. The van der Waals surface area contributed by atoms with E-state index in [0.717, 1.165) is 11.3 Å². The first kappa shape index (κ1) is 20.7. The Hall–Kier alpha value is -2.98. The number of halogens is 2. The molecule has 0 radical (unpaired) electrons. The molecule has 2 N–H and O–H groups in total. The number of alkyl halides is 2. The normalized spacial score (nSPS) is 11.3. The van der Waals surface area contributed by atoms with Crippen molar-refractivity contribution in [1.29, 1.82) is 0 Å². The fourth-order valence-electron chi connectivity index (χ4n) is 2.38. The van der Waals surface area contributed by atoms with Gasteiger partial charge in [0.1, 0.15) is 9.96 Å². The fraction of sp³-hybridized carbons (Fsp3) is 0.105. The van der Waals surface area contributed by atoms with Crippen molar-refractivity contribution >= 4 is 33.0 Å². The van der Waals surface area contributed by atoms with E-state index in [-0.39, 0.29) is 22.4 Å². The predicted molar refractivity (Wildman–Crippen MR) is 106 cm³/mol. The minimum absolute atomic E-state index is 0.0377. The summed E-state index contributed by atoms with van der Waals surface area (Å²) in [6, 6.07) is 15.1. The Labute approximate surface area is 170 Å². The minimum atomic E-state index is -3.65. The largest absolute Gasteiger partial charge is 0.435 e. The first-order valence-electron chi connectivity index (χ1n) is 8.32. The Morgan fingerprint density at radius 2 is 1.72 bits per heavy atom. The molecule has 0 aliphatic heterocycles. The van der Waals surface area contributed by atoms with Crippen molar-refractivity contribution < 1.29 is 26.7 Å². The third kappa shape index (κ3) is 5.75. The van der Waals surface area contributed by atoms with Crippen LogP contribution in [-0.4, -0.2) is 20.9 Å². The molecule has 0 saturated heterocycles. The second kappa shape index (κ2) is 9.01. The van der Waals surface area contributed by atoms with Crippen molar-refractivity contribution in [2.75, 3.05) is 4.72 Å². The highest BCUT2D eigenvalue weighted by Gasteiger charge is 2.15. The number of amides is 1. The van der Waals surface area contributed by atoms with Crippen LogP contribution in [0, 0.1) is 0 Å². The summed E-state index contributed by atoms with van der Waals surface area (Å²) in [6.07, 6.45) is 0. The monoisotopic (exact) mass is 438 g/mol. The summed E-state index contributed by atoms with van der Waals surface area (Å²) in [6.45, 7) is -2.70. The average Bonchev–Trinajstić information content (AvgIpc) is 3.23. The van der Waals surface area contributed by atoms with Gasteiger partial charge in [0.25, 0.3) is 15.9 Å². The fourth-order valence-corrected chi connectivity index (χ4v) is 4.44. The lowest BCUT2D eigenvalue weighted by molar-refractivity contribution is -0.0498. The second-order valence-corrected chi connectivity index (χ2v) is 8.68. The van der Waals surface area contributed by atoms with Crippen LogP contribution in [0.5, 0.6) is 5.75 Å². The lowest BCUT2D eigenvalue weighted by atomic mass is 10.2. The summed E-state index contributed by atoms with van der Waals surface area (Å²) in [7, 11) is -3.65. The molecule has 0 spiro atoms. The van der Waals surface area contributed by atoms with E-state index in [1.54, 1.807) is 23.6 Å². The topological polar surface area (TPSA) is 84.5 Å². The lowest BCUT2D eigenvalue weighted by Gasteiger charge is -2.09. The summed E-state index contributed by atoms with van der Waals surface area (Å²) in [5.74, 6) is -0.318. The van der Waals surface area contributed by atoms with E-state index < -0.39 is 16.6 Å². The molecule has 3 aromatic rings. The molecule has 6 nitrogen and oxygen atoms in total. The van der Waals surface area contributed by atoms with Crippen LogP contribution in [-0.2, 0) is 16.6 Å². The number of sulfonamides is 1. The number of hydrogen-bond donors (Lipinski definition) is 2. The van der Waals surface area contributed by atoms with Gasteiger partial charge in [-0.3, -0.25) is 9.52 Å². The zero-order valence-corrected chi connectivity index (χ0v) is 16.5. The van der Waals surface area contributed by atoms with E-state index in [2.05, 4.69) is 14.8 Å². The molecule has 0 bridgehead atoms. The smallest absolute Gasteiger partial charge is 0.387 e. The van der Waals surface area contributed by atoms with Gasteiger partial charge >= 0.3 is 6.61 Å². The molecule has 0 aliphatic carbocycles. The van der Waals surface area contributed by atoms with E-state index in [9.17, 15) is 22.0 Å². The molecule has 0 saturated carbocycles. The van der Waals surface area contributed by atoms with Gasteiger partial charge in [-0.05, 0) is 53.4 Å². The van der Waals surface area contributed by atoms with Crippen LogP contribution in [0.1, 0.15) is 15.9 Å². The standard InChI is InChI=1S/C19H16F2N2O4S2/c20-19(21)27-16-9-3-13(4-10-16)12-22-18(24)14-5-7-15(8-6-14)23-29(25,26)17-2-1-11-28-17/h1-11,19,23H,12H2,(H,22,24). The Morgan fingerprint density at radius 1 is 1.03 bits per heavy atom. The van der Waals surface area contributed by atoms with Crippen LogP contribution >= 0.6 is 11.3 Å². The van der Waals surface area contributed by atoms with Crippen LogP contribution in [0.4, 0.5) is 14.5 Å². The molecular formula is C19H16F2N2O4S2. The number of carbonyl (C=O) groups is 1. The summed E-state index contributed by atoms with van der Waals surface area (Å²) < 4.78 is 55.6. The summed E-state index contributed by atoms with van der Waals surface area (Å²) >= 11 is 1.11. The molecule has 10 heteroatoms. The van der Waals surface area contributed by atoms with Crippen molar-refractivity contribution in [2.45, 2.75) is 17.4 Å². The number of rotatable bonds is 8. The van der Waals surface area contributed by atoms with Gasteiger partial charge in [-0.25, -0.2) is 8.42 Å². The third-order valence-electron chi connectivity index (χ3n) is 3.76. The molecular weight excluding hydrogens is 422 g/mol. The molecule has 1 heterocycles. The van der Waals surface area contributed by atoms with Crippen molar-refractivity contribution in [3.8, 4) is 5.75 Å². The van der Waals surface area contributed by atoms with Gasteiger partial charge in [0.15, 0.2) is 0 Å². The number of benzene rings is 2. The van der Waals surface area contributed by atoms with E-state index in [4.69, 9.17) is 0 Å². The van der Waals surface area contributed by atoms with Gasteiger partial charge in [-0.15, -0.1) is 11.3 Å². The third-order valence-corrected chi connectivity index (χ3v) is 6.54. The van der Waals surface area contributed by atoms with Crippen LogP contribution < -0.4 is 14.8 Å². The second-order valence-electron chi connectivity index (χ2n) is 5.82. The van der Waals surface area contributed by atoms with Crippen molar-refractivity contribution in [3.05, 3.63) is 77.2 Å². The van der Waals surface area contributed by atoms with Gasteiger partial charge in [0.2, 0.25) is 0 Å². The molecule has 3 rings (SSSR count). The zero-order chi connectivity index (χ0) is 20.9. The first-order chi connectivity index (χ1) is 13.8. The highest BCUT2D eigenvalue weighted by Crippen LogP contribution is 2.20. The van der Waals surface area contributed by atoms with Crippen LogP contribution in [0.2, 0.25) is 0 Å². The maximum absolute atomic E-state index is 12.2. The maximum Gasteiger partial charge on any atom is 0.387 e. The van der Waals surface area contributed by atoms with Crippen molar-refractivity contribution in [2.24, 2.45) is 0 Å². The molecule has 0 unspecified atom stereocenters. The molecule has 2 aromatic carbocycles. The van der Waals surface area contributed by atoms with Crippen LogP contribution in [0.25, 0.3) is 0 Å². The SMILES string of the molecule is O=C(NCc1ccc(OC(F)F)cc1)c1ccc(NS(=O)(=O)c2cccs2)cc1. The Morgan fingerprint density at radius 3 is 2.31 bits per heavy atom. The van der Waals surface area contributed by atoms with Gasteiger partial charge in [-0.1, -0.05) is 18.2 Å². The Balaban J connectivity index is 1.56. The van der Waals surface area contributed by atoms with Crippen LogP contribution in [0.15, 0.2) is 70.3 Å². The zero-order valence-electron chi connectivity index (χ0n) is 14.8. The molecule has 1 amide bonds. The van der Waals surface area contributed by atoms with Gasteiger partial charge in [0.05, 0.1) is 0 Å². The van der Waals surface area contributed by atoms with Gasteiger partial charge in [0, 0.05) is 17.8 Å². The molecule has 0 fully saturated rings. The molecule has 0 atom stereocenters. The number of nitrogens with one attached hydrogen (secondary N) is 2. The van der Waals surface area contributed by atoms with Gasteiger partial charge < -0.3 is 10.1 Å². The van der Waals surface area contributed by atoms with Crippen molar-refractivity contribution in [3.63, 3.8) is 0 Å². The number of hydrogen-bond acceptors (Lipinski definition) is 5. The maximum atomic E-state index is 12.2. The number of thiophene rings is 1. The quantitative estimate of drug-likeness (QED) is 0.555. The first-order valence-corrected chi connectivity index (χ1v) is 10.7. The summed E-state index contributed by atoms with van der Waals surface area (Å²) in [4.78, 5) is 12.2. The summed E-state index contributed by atoms with van der Waals surface area (Å²) in [5, 5.41) is 4.37. The number of ether oxygens (including phenoxy) is 1. The highest BCUT2D eigenvalue weighted by molar-refractivity contribution is 7.94. The van der Waals surface area contributed by atoms with E-state index in [1.165, 1.54) is 42.5 Å². The van der Waals surface area contributed by atoms with Crippen LogP contribution in [0.3, 0.4) is 0 Å². The number of anilines is 1. The predicted octanol–water partition coefficient (Wildman–Crippen LogP) is 4.08. The van der Waals surface area contributed by atoms with Gasteiger partial charge in [-0.2, -0.15) is 8.78 Å². The van der Waals surface area contributed by atoms with Crippen molar-refractivity contribution in [1.82, 2.24) is 5.32 Å². The average molecular weight is 438 g/mol. The van der Waals surface area contributed by atoms with E-state index in [0.29, 0.717) is 16.8 Å². The Kier molecular flexibility index (Phi) is 6.45. The molecule has 1 aromatic heterocycles. The molecule has 29 heavy (non-hydrogen) atoms. The molecule has 0 aliphatic rings. The van der Waals surface area contributed by atoms with E-state index >= 15 is 0 Å². The Bertz CT molecular complexity index is 1050. The highest BCUT2D eigenvalue weighted by atomic mass is 32.2. The lowest BCUT2D eigenvalue weighted by Crippen LogP contribution is -2.22.